The van der Waals surface area contributed by atoms with Crippen LogP contribution in [0.25, 0.3) is 22.8 Å². The number of halogens is 2. The topological polar surface area (TPSA) is 112 Å². The van der Waals surface area contributed by atoms with Crippen molar-refractivity contribution < 1.29 is 18.1 Å². The highest BCUT2D eigenvalue weighted by atomic mass is 32.2. The summed E-state index contributed by atoms with van der Waals surface area (Å²) in [5.74, 6) is -1.39. The van der Waals surface area contributed by atoms with Crippen LogP contribution in [0.1, 0.15) is 0 Å². The quantitative estimate of drug-likeness (QED) is 0.437. The SMILES string of the molecule is CSc1nn(CC(=O)Nc2cc(F)ccc2F)c(N)c1-c1nc(-c2ccccc2)no1. The number of carbonyl (C=O) groups is 1. The third-order valence-electron chi connectivity index (χ3n) is 4.32. The summed E-state index contributed by atoms with van der Waals surface area (Å²) < 4.78 is 33.7. The average Bonchev–Trinajstić information content (AvgIpc) is 3.36. The van der Waals surface area contributed by atoms with Gasteiger partial charge in [-0.25, -0.2) is 13.5 Å². The summed E-state index contributed by atoms with van der Waals surface area (Å²) in [6.07, 6.45) is 1.78. The summed E-state index contributed by atoms with van der Waals surface area (Å²) in [5, 5.41) is 11.1. The zero-order valence-corrected chi connectivity index (χ0v) is 17.0. The molecule has 158 valence electrons. The highest BCUT2D eigenvalue weighted by Gasteiger charge is 2.24. The first-order valence-corrected chi connectivity index (χ1v) is 10.2. The minimum atomic E-state index is -0.756. The van der Waals surface area contributed by atoms with Gasteiger partial charge in [0.25, 0.3) is 5.89 Å². The number of carbonyl (C=O) groups excluding carboxylic acids is 1. The Labute approximate surface area is 179 Å². The Morgan fingerprint density at radius 3 is 2.74 bits per heavy atom. The Hall–Kier alpha value is -3.73. The van der Waals surface area contributed by atoms with Gasteiger partial charge in [-0.15, -0.1) is 11.8 Å². The number of aromatic nitrogens is 4. The molecule has 31 heavy (non-hydrogen) atoms. The van der Waals surface area contributed by atoms with E-state index < -0.39 is 17.5 Å². The zero-order valence-electron chi connectivity index (χ0n) is 16.2. The van der Waals surface area contributed by atoms with Crippen molar-refractivity contribution in [2.75, 3.05) is 17.3 Å². The molecule has 0 spiro atoms. The summed E-state index contributed by atoms with van der Waals surface area (Å²) in [6, 6.07) is 12.0. The first kappa shape index (κ1) is 20.5. The number of benzene rings is 2. The number of nitrogens with one attached hydrogen (secondary N) is 1. The highest BCUT2D eigenvalue weighted by molar-refractivity contribution is 7.98. The molecular formula is C20H16F2N6O2S. The summed E-state index contributed by atoms with van der Waals surface area (Å²) in [6.45, 7) is -0.324. The van der Waals surface area contributed by atoms with E-state index in [2.05, 4.69) is 20.6 Å². The highest BCUT2D eigenvalue weighted by Crippen LogP contribution is 2.34. The van der Waals surface area contributed by atoms with Gasteiger partial charge in [0.05, 0.1) is 5.69 Å². The van der Waals surface area contributed by atoms with E-state index in [1.54, 1.807) is 6.26 Å². The van der Waals surface area contributed by atoms with Crippen molar-refractivity contribution in [2.24, 2.45) is 0 Å². The molecule has 4 rings (SSSR count). The molecule has 2 heterocycles. The first-order chi connectivity index (χ1) is 15.0. The van der Waals surface area contributed by atoms with E-state index in [-0.39, 0.29) is 23.9 Å². The molecular weight excluding hydrogens is 426 g/mol. The van der Waals surface area contributed by atoms with E-state index in [1.165, 1.54) is 16.4 Å². The number of nitrogens with two attached hydrogens (primary N) is 1. The minimum absolute atomic E-state index is 0.127. The van der Waals surface area contributed by atoms with Crippen LogP contribution in [-0.4, -0.2) is 32.1 Å². The molecule has 11 heteroatoms. The number of nitrogen functional groups attached to an aromatic ring is 1. The van der Waals surface area contributed by atoms with Gasteiger partial charge in [0.15, 0.2) is 0 Å². The second kappa shape index (κ2) is 8.56. The van der Waals surface area contributed by atoms with Gasteiger partial charge in [0, 0.05) is 11.6 Å². The monoisotopic (exact) mass is 442 g/mol. The summed E-state index contributed by atoms with van der Waals surface area (Å²) in [4.78, 5) is 16.7. The molecule has 0 unspecified atom stereocenters. The predicted molar refractivity (Wildman–Crippen MR) is 112 cm³/mol. The Balaban J connectivity index is 1.59. The molecule has 0 aliphatic heterocycles. The maximum Gasteiger partial charge on any atom is 0.264 e. The van der Waals surface area contributed by atoms with Gasteiger partial charge < -0.3 is 15.6 Å². The van der Waals surface area contributed by atoms with Gasteiger partial charge in [-0.1, -0.05) is 35.5 Å². The molecule has 0 aliphatic rings. The van der Waals surface area contributed by atoms with Crippen molar-refractivity contribution in [1.82, 2.24) is 19.9 Å². The molecule has 0 atom stereocenters. The van der Waals surface area contributed by atoms with Crippen LogP contribution < -0.4 is 11.1 Å². The molecule has 3 N–H and O–H groups in total. The second-order valence-corrected chi connectivity index (χ2v) is 7.18. The van der Waals surface area contributed by atoms with Gasteiger partial charge in [-0.05, 0) is 18.4 Å². The van der Waals surface area contributed by atoms with Gasteiger partial charge in [-0.3, -0.25) is 4.79 Å². The molecule has 0 aliphatic carbocycles. The van der Waals surface area contributed by atoms with Crippen LogP contribution in [0.2, 0.25) is 0 Å². The molecule has 8 nitrogen and oxygen atoms in total. The van der Waals surface area contributed by atoms with Crippen molar-refractivity contribution in [1.29, 1.82) is 0 Å². The van der Waals surface area contributed by atoms with Gasteiger partial charge >= 0.3 is 0 Å². The molecule has 2 aromatic heterocycles. The Kier molecular flexibility index (Phi) is 5.67. The smallest absolute Gasteiger partial charge is 0.264 e. The number of anilines is 2. The fourth-order valence-corrected chi connectivity index (χ4v) is 3.44. The number of nitrogens with zero attached hydrogens (tertiary/aromatic N) is 4. The predicted octanol–water partition coefficient (Wildman–Crippen LogP) is 3.82. The van der Waals surface area contributed by atoms with E-state index >= 15 is 0 Å². The van der Waals surface area contributed by atoms with Crippen LogP contribution in [-0.2, 0) is 11.3 Å². The van der Waals surface area contributed by atoms with E-state index in [4.69, 9.17) is 10.3 Å². The number of hydrogen-bond donors (Lipinski definition) is 2. The summed E-state index contributed by atoms with van der Waals surface area (Å²) in [5.41, 5.74) is 7.09. The number of amides is 1. The maximum absolute atomic E-state index is 13.8. The lowest BCUT2D eigenvalue weighted by Crippen LogP contribution is -2.21. The molecule has 4 aromatic rings. The number of hydrogen-bond acceptors (Lipinski definition) is 7. The molecule has 0 saturated heterocycles. The lowest BCUT2D eigenvalue weighted by atomic mass is 10.2. The number of thioether (sulfide) groups is 1. The van der Waals surface area contributed by atoms with Crippen molar-refractivity contribution >= 4 is 29.2 Å². The van der Waals surface area contributed by atoms with Crippen LogP contribution in [0.5, 0.6) is 0 Å². The third kappa shape index (κ3) is 4.26. The largest absolute Gasteiger partial charge is 0.383 e. The Bertz CT molecular complexity index is 1240. The molecule has 0 fully saturated rings. The standard InChI is InChI=1S/C20H16F2N6O2S/c1-31-20-16(19-25-18(27-30-19)11-5-3-2-4-6-11)17(23)28(26-20)10-15(29)24-14-9-12(21)7-8-13(14)22/h2-9H,10,23H2,1H3,(H,24,29). The third-order valence-corrected chi connectivity index (χ3v) is 4.99. The minimum Gasteiger partial charge on any atom is -0.383 e. The molecule has 2 aromatic carbocycles. The van der Waals surface area contributed by atoms with E-state index in [0.29, 0.717) is 16.4 Å². The molecule has 1 amide bonds. The van der Waals surface area contributed by atoms with Gasteiger partial charge in [0.2, 0.25) is 11.7 Å². The van der Waals surface area contributed by atoms with Crippen molar-refractivity contribution in [3.05, 3.63) is 60.2 Å². The lowest BCUT2D eigenvalue weighted by Gasteiger charge is -2.07. The molecule has 0 radical (unpaired) electrons. The van der Waals surface area contributed by atoms with Crippen LogP contribution >= 0.6 is 11.8 Å². The fourth-order valence-electron chi connectivity index (χ4n) is 2.87. The van der Waals surface area contributed by atoms with Crippen molar-refractivity contribution in [3.63, 3.8) is 0 Å². The fraction of sp³-hybridized carbons (Fsp3) is 0.100. The number of rotatable bonds is 6. The van der Waals surface area contributed by atoms with E-state index in [9.17, 15) is 13.6 Å². The van der Waals surface area contributed by atoms with Crippen LogP contribution in [0.4, 0.5) is 20.3 Å². The summed E-state index contributed by atoms with van der Waals surface area (Å²) >= 11 is 1.28. The molecule has 0 saturated carbocycles. The summed E-state index contributed by atoms with van der Waals surface area (Å²) in [7, 11) is 0. The van der Waals surface area contributed by atoms with Crippen molar-refractivity contribution in [2.45, 2.75) is 11.6 Å². The lowest BCUT2D eigenvalue weighted by molar-refractivity contribution is -0.116. The maximum atomic E-state index is 13.8. The first-order valence-electron chi connectivity index (χ1n) is 9.01. The second-order valence-electron chi connectivity index (χ2n) is 6.39. The molecule has 0 bridgehead atoms. The van der Waals surface area contributed by atoms with Crippen LogP contribution in [0.15, 0.2) is 58.1 Å². The van der Waals surface area contributed by atoms with Crippen molar-refractivity contribution in [3.8, 4) is 22.8 Å². The zero-order chi connectivity index (χ0) is 22.0. The van der Waals surface area contributed by atoms with Gasteiger partial charge in [-0.2, -0.15) is 10.1 Å². The average molecular weight is 442 g/mol. The van der Waals surface area contributed by atoms with E-state index in [0.717, 1.165) is 23.8 Å². The van der Waals surface area contributed by atoms with Crippen LogP contribution in [0, 0.1) is 11.6 Å². The Morgan fingerprint density at radius 1 is 1.23 bits per heavy atom. The van der Waals surface area contributed by atoms with E-state index in [1.807, 2.05) is 30.3 Å². The Morgan fingerprint density at radius 2 is 2.00 bits per heavy atom. The van der Waals surface area contributed by atoms with Gasteiger partial charge in [0.1, 0.15) is 34.6 Å². The normalized spacial score (nSPS) is 10.9. The van der Waals surface area contributed by atoms with Crippen LogP contribution in [0.3, 0.4) is 0 Å².